The van der Waals surface area contributed by atoms with Crippen LogP contribution in [0.5, 0.6) is 5.88 Å². The molecule has 1 aromatic carbocycles. The van der Waals surface area contributed by atoms with Crippen LogP contribution in [0.15, 0.2) is 41.3 Å². The fraction of sp³-hybridized carbons (Fsp3) is 0.333. The number of carbonyl (C=O) groups excluding carboxylic acids is 2. The summed E-state index contributed by atoms with van der Waals surface area (Å²) in [5.41, 5.74) is 5.91. The highest BCUT2D eigenvalue weighted by molar-refractivity contribution is 7.91. The zero-order valence-electron chi connectivity index (χ0n) is 20.6. The number of hydrogen-bond acceptors (Lipinski definition) is 9. The van der Waals surface area contributed by atoms with E-state index in [2.05, 4.69) is 20.2 Å². The largest absolute Gasteiger partial charge is 0.473 e. The molecule has 0 unspecified atom stereocenters. The molecule has 0 spiro atoms. The number of aromatic nitrogens is 3. The molecule has 198 valence electrons. The molecular formula is C24H25N7O6S. The van der Waals surface area contributed by atoms with Gasteiger partial charge in [0, 0.05) is 19.0 Å². The van der Waals surface area contributed by atoms with E-state index in [1.807, 2.05) is 6.07 Å². The van der Waals surface area contributed by atoms with Gasteiger partial charge in [-0.25, -0.2) is 13.1 Å². The first-order valence-electron chi connectivity index (χ1n) is 11.5. The van der Waals surface area contributed by atoms with Crippen molar-refractivity contribution in [3.63, 3.8) is 0 Å². The molecule has 14 heteroatoms. The summed E-state index contributed by atoms with van der Waals surface area (Å²) in [5, 5.41) is 19.8. The van der Waals surface area contributed by atoms with Crippen LogP contribution >= 0.6 is 0 Å². The predicted molar refractivity (Wildman–Crippen MR) is 135 cm³/mol. The summed E-state index contributed by atoms with van der Waals surface area (Å²) in [5.74, 6) is -1.48. The van der Waals surface area contributed by atoms with Gasteiger partial charge in [-0.15, -0.1) is 5.10 Å². The van der Waals surface area contributed by atoms with Crippen LogP contribution in [0.1, 0.15) is 41.3 Å². The van der Waals surface area contributed by atoms with E-state index in [9.17, 15) is 22.8 Å². The molecule has 4 N–H and O–H groups in total. The molecular weight excluding hydrogens is 514 g/mol. The molecule has 1 aliphatic rings. The number of hydrogen-bond donors (Lipinski definition) is 3. The first-order chi connectivity index (χ1) is 18.0. The van der Waals surface area contributed by atoms with E-state index in [1.165, 1.54) is 30.8 Å². The molecule has 2 aromatic heterocycles. The average molecular weight is 540 g/mol. The minimum absolute atomic E-state index is 0.0731. The van der Waals surface area contributed by atoms with Crippen molar-refractivity contribution in [1.82, 2.24) is 24.8 Å². The van der Waals surface area contributed by atoms with E-state index in [1.54, 1.807) is 24.3 Å². The Morgan fingerprint density at radius 1 is 1.29 bits per heavy atom. The van der Waals surface area contributed by atoms with Gasteiger partial charge in [-0.2, -0.15) is 10.4 Å². The minimum Gasteiger partial charge on any atom is -0.473 e. The monoisotopic (exact) mass is 539 g/mol. The highest BCUT2D eigenvalue weighted by Gasteiger charge is 2.56. The molecule has 0 radical (unpaired) electrons. The highest BCUT2D eigenvalue weighted by atomic mass is 32.2. The lowest BCUT2D eigenvalue weighted by Gasteiger charge is -2.20. The Hall–Kier alpha value is -4.35. The van der Waals surface area contributed by atoms with Gasteiger partial charge in [0.2, 0.25) is 15.9 Å². The molecule has 4 rings (SSSR count). The van der Waals surface area contributed by atoms with Gasteiger partial charge in [-0.3, -0.25) is 14.4 Å². The van der Waals surface area contributed by atoms with Gasteiger partial charge in [-0.05, 0) is 43.5 Å². The van der Waals surface area contributed by atoms with Crippen molar-refractivity contribution in [3.05, 3.63) is 63.6 Å². The maximum Gasteiger partial charge on any atom is 0.263 e. The Morgan fingerprint density at radius 3 is 2.58 bits per heavy atom. The summed E-state index contributed by atoms with van der Waals surface area (Å²) < 4.78 is 33.5. The molecule has 3 aromatic rings. The predicted octanol–water partition coefficient (Wildman–Crippen LogP) is -0.165. The number of nitrogens with zero attached hydrogens (tertiary/aromatic N) is 4. The number of fused-ring (bicyclic) bond motifs is 1. The standard InChI is InChI=1S/C24H25N7O6S/c1-14(20(26)32)30-38(35,36)24(7-8-24)13-37-22-19-17(12-28-29-22)9-18(23(34)31(19)2)21(33)27-11-16-5-3-15(10-25)4-6-16/h3-6,9,12,14,30H,7-8,11,13H2,1-2H3,(H2,26,32)(H,27,33)/t14-/m1/s1. The third kappa shape index (κ3) is 5.20. The third-order valence-corrected chi connectivity index (χ3v) is 8.71. The second kappa shape index (κ2) is 10.2. The van der Waals surface area contributed by atoms with E-state index >= 15 is 0 Å². The number of primary amides is 1. The van der Waals surface area contributed by atoms with E-state index in [0.717, 1.165) is 5.56 Å². The molecule has 13 nitrogen and oxygen atoms in total. The van der Waals surface area contributed by atoms with Crippen molar-refractivity contribution < 1.29 is 22.7 Å². The van der Waals surface area contributed by atoms with Crippen molar-refractivity contribution in [2.75, 3.05) is 6.61 Å². The molecule has 2 amide bonds. The number of ether oxygens (including phenoxy) is 1. The molecule has 0 aliphatic heterocycles. The first-order valence-corrected chi connectivity index (χ1v) is 13.0. The van der Waals surface area contributed by atoms with Gasteiger partial charge < -0.3 is 20.4 Å². The number of nitriles is 1. The van der Waals surface area contributed by atoms with Crippen LogP contribution in [0.4, 0.5) is 0 Å². The summed E-state index contributed by atoms with van der Waals surface area (Å²) in [6, 6.07) is 8.96. The van der Waals surface area contributed by atoms with Crippen LogP contribution in [-0.2, 0) is 28.4 Å². The average Bonchev–Trinajstić information content (AvgIpc) is 3.70. The lowest BCUT2D eigenvalue weighted by molar-refractivity contribution is -0.119. The number of sulfonamides is 1. The van der Waals surface area contributed by atoms with E-state index in [4.69, 9.17) is 15.7 Å². The topological polar surface area (TPSA) is 199 Å². The van der Waals surface area contributed by atoms with Gasteiger partial charge in [0.25, 0.3) is 17.3 Å². The van der Waals surface area contributed by atoms with Gasteiger partial charge in [0.05, 0.1) is 23.9 Å². The fourth-order valence-electron chi connectivity index (χ4n) is 3.80. The van der Waals surface area contributed by atoms with E-state index < -0.39 is 38.2 Å². The fourth-order valence-corrected chi connectivity index (χ4v) is 5.48. The Labute approximate surface area is 217 Å². The van der Waals surface area contributed by atoms with Crippen molar-refractivity contribution in [1.29, 1.82) is 5.26 Å². The van der Waals surface area contributed by atoms with E-state index in [0.29, 0.717) is 23.8 Å². The Kier molecular flexibility index (Phi) is 7.16. The smallest absolute Gasteiger partial charge is 0.263 e. The number of benzene rings is 1. The van der Waals surface area contributed by atoms with Crippen molar-refractivity contribution in [3.8, 4) is 11.9 Å². The molecule has 0 bridgehead atoms. The minimum atomic E-state index is -3.95. The summed E-state index contributed by atoms with van der Waals surface area (Å²) in [6.07, 6.45) is 1.96. The number of nitrogens with two attached hydrogens (primary N) is 1. The van der Waals surface area contributed by atoms with Crippen molar-refractivity contribution in [2.24, 2.45) is 12.8 Å². The van der Waals surface area contributed by atoms with Gasteiger partial charge >= 0.3 is 0 Å². The zero-order valence-corrected chi connectivity index (χ0v) is 21.4. The Morgan fingerprint density at radius 2 is 1.97 bits per heavy atom. The summed E-state index contributed by atoms with van der Waals surface area (Å²) in [4.78, 5) is 37.2. The molecule has 2 heterocycles. The first kappa shape index (κ1) is 26.7. The molecule has 38 heavy (non-hydrogen) atoms. The maximum absolute atomic E-state index is 13.0. The van der Waals surface area contributed by atoms with Crippen LogP contribution in [0.2, 0.25) is 0 Å². The Bertz CT molecular complexity index is 1620. The summed E-state index contributed by atoms with van der Waals surface area (Å²) in [6.45, 7) is 1.21. The van der Waals surface area contributed by atoms with E-state index in [-0.39, 0.29) is 30.1 Å². The maximum atomic E-state index is 13.0. The quantitative estimate of drug-likeness (QED) is 0.313. The Balaban J connectivity index is 1.54. The SMILES string of the molecule is C[C@@H](NS(=O)(=O)C1(COc2nncc3cc(C(=O)NCc4ccc(C#N)cc4)c(=O)n(C)c23)CC1)C(N)=O. The number of amides is 2. The number of aryl methyl sites for hydroxylation is 1. The van der Waals surface area contributed by atoms with Crippen LogP contribution in [0.25, 0.3) is 10.9 Å². The zero-order chi connectivity index (χ0) is 27.7. The molecule has 1 fully saturated rings. The second-order valence-electron chi connectivity index (χ2n) is 9.08. The molecule has 1 aliphatic carbocycles. The van der Waals surface area contributed by atoms with Gasteiger partial charge in [-0.1, -0.05) is 12.1 Å². The summed E-state index contributed by atoms with van der Waals surface area (Å²) in [7, 11) is -2.51. The van der Waals surface area contributed by atoms with Gasteiger partial charge in [0.1, 0.15) is 22.4 Å². The van der Waals surface area contributed by atoms with Crippen molar-refractivity contribution in [2.45, 2.75) is 37.1 Å². The van der Waals surface area contributed by atoms with Crippen LogP contribution in [-0.4, -0.2) is 52.4 Å². The van der Waals surface area contributed by atoms with Crippen molar-refractivity contribution >= 4 is 32.7 Å². The summed E-state index contributed by atoms with van der Waals surface area (Å²) >= 11 is 0. The lowest BCUT2D eigenvalue weighted by atomic mass is 10.1. The number of pyridine rings is 1. The lowest BCUT2D eigenvalue weighted by Crippen LogP contribution is -2.48. The molecule has 1 saturated carbocycles. The second-order valence-corrected chi connectivity index (χ2v) is 11.2. The number of nitrogens with one attached hydrogen (secondary N) is 2. The number of carbonyl (C=O) groups is 2. The normalized spacial score (nSPS) is 14.9. The molecule has 1 atom stereocenters. The molecule has 0 saturated heterocycles. The number of rotatable bonds is 10. The van der Waals surface area contributed by atoms with Gasteiger partial charge in [0.15, 0.2) is 0 Å². The highest BCUT2D eigenvalue weighted by Crippen LogP contribution is 2.43. The van der Waals surface area contributed by atoms with Crippen LogP contribution in [0, 0.1) is 11.3 Å². The van der Waals surface area contributed by atoms with Crippen LogP contribution in [0.3, 0.4) is 0 Å². The third-order valence-electron chi connectivity index (χ3n) is 6.38. The van der Waals surface area contributed by atoms with Crippen LogP contribution < -0.4 is 26.1 Å².